The number of hydrogen-bond acceptors (Lipinski definition) is 4. The Hall–Kier alpha value is -2.52. The zero-order chi connectivity index (χ0) is 15.7. The van der Waals surface area contributed by atoms with Crippen molar-refractivity contribution in [3.8, 4) is 6.07 Å². The molecule has 21 heavy (non-hydrogen) atoms. The SMILES string of the molecule is N#C/C(=C/NCCc1ccc(Cl)cc1)C(=O)NCC(=O)O. The van der Waals surface area contributed by atoms with Crippen molar-refractivity contribution in [2.24, 2.45) is 0 Å². The van der Waals surface area contributed by atoms with E-state index in [1.165, 1.54) is 6.20 Å². The molecule has 7 heteroatoms. The summed E-state index contributed by atoms with van der Waals surface area (Å²) >= 11 is 5.77. The Morgan fingerprint density at radius 1 is 1.33 bits per heavy atom. The van der Waals surface area contributed by atoms with Crippen LogP contribution in [-0.2, 0) is 16.0 Å². The van der Waals surface area contributed by atoms with E-state index in [0.29, 0.717) is 18.0 Å². The Kier molecular flexibility index (Phi) is 6.78. The lowest BCUT2D eigenvalue weighted by Gasteiger charge is -2.04. The molecule has 0 heterocycles. The van der Waals surface area contributed by atoms with Gasteiger partial charge in [0, 0.05) is 17.8 Å². The van der Waals surface area contributed by atoms with Crippen molar-refractivity contribution in [3.05, 3.63) is 46.6 Å². The van der Waals surface area contributed by atoms with Gasteiger partial charge in [0.2, 0.25) is 0 Å². The zero-order valence-electron chi connectivity index (χ0n) is 11.1. The smallest absolute Gasteiger partial charge is 0.322 e. The highest BCUT2D eigenvalue weighted by Crippen LogP contribution is 2.09. The molecule has 0 saturated heterocycles. The largest absolute Gasteiger partial charge is 0.480 e. The first kappa shape index (κ1) is 16.5. The number of nitrogens with zero attached hydrogens (tertiary/aromatic N) is 1. The van der Waals surface area contributed by atoms with Crippen molar-refractivity contribution in [1.82, 2.24) is 10.6 Å². The molecule has 0 aromatic heterocycles. The highest BCUT2D eigenvalue weighted by molar-refractivity contribution is 6.30. The fourth-order valence-electron chi connectivity index (χ4n) is 1.44. The van der Waals surface area contributed by atoms with Gasteiger partial charge in [-0.2, -0.15) is 5.26 Å². The maximum atomic E-state index is 11.5. The molecule has 3 N–H and O–H groups in total. The predicted molar refractivity (Wildman–Crippen MR) is 77.5 cm³/mol. The van der Waals surface area contributed by atoms with Gasteiger partial charge in [0.25, 0.3) is 5.91 Å². The van der Waals surface area contributed by atoms with E-state index in [0.717, 1.165) is 5.56 Å². The first-order valence-corrected chi connectivity index (χ1v) is 6.49. The van der Waals surface area contributed by atoms with Crippen LogP contribution in [0.5, 0.6) is 0 Å². The second-order valence-electron chi connectivity index (χ2n) is 4.08. The second-order valence-corrected chi connectivity index (χ2v) is 4.51. The molecule has 1 aromatic rings. The van der Waals surface area contributed by atoms with Crippen LogP contribution in [0.25, 0.3) is 0 Å². The average molecular weight is 308 g/mol. The molecule has 0 radical (unpaired) electrons. The van der Waals surface area contributed by atoms with Crippen molar-refractivity contribution >= 4 is 23.5 Å². The predicted octanol–water partition coefficient (Wildman–Crippen LogP) is 1.08. The fourth-order valence-corrected chi connectivity index (χ4v) is 1.57. The number of benzene rings is 1. The van der Waals surface area contributed by atoms with E-state index in [4.69, 9.17) is 22.0 Å². The van der Waals surface area contributed by atoms with Gasteiger partial charge in [-0.15, -0.1) is 0 Å². The number of aliphatic carboxylic acids is 1. The second kappa shape index (κ2) is 8.61. The number of nitriles is 1. The lowest BCUT2D eigenvalue weighted by molar-refractivity contribution is -0.137. The van der Waals surface area contributed by atoms with E-state index in [1.54, 1.807) is 18.2 Å². The monoisotopic (exact) mass is 307 g/mol. The molecule has 0 unspecified atom stereocenters. The van der Waals surface area contributed by atoms with Gasteiger partial charge < -0.3 is 15.7 Å². The molecule has 6 nitrogen and oxygen atoms in total. The fraction of sp³-hybridized carbons (Fsp3) is 0.214. The third-order valence-electron chi connectivity index (χ3n) is 2.48. The molecule has 1 rings (SSSR count). The summed E-state index contributed by atoms with van der Waals surface area (Å²) in [6.07, 6.45) is 1.97. The molecule has 0 spiro atoms. The number of rotatable bonds is 7. The summed E-state index contributed by atoms with van der Waals surface area (Å²) in [7, 11) is 0. The molecule has 0 aliphatic carbocycles. The highest BCUT2D eigenvalue weighted by Gasteiger charge is 2.09. The molecule has 1 amide bonds. The molecular weight excluding hydrogens is 294 g/mol. The van der Waals surface area contributed by atoms with Gasteiger partial charge in [-0.25, -0.2) is 0 Å². The number of carbonyl (C=O) groups is 2. The molecule has 0 aliphatic rings. The average Bonchev–Trinajstić information content (AvgIpc) is 2.46. The number of carbonyl (C=O) groups excluding carboxylic acids is 1. The van der Waals surface area contributed by atoms with Gasteiger partial charge in [0.1, 0.15) is 18.2 Å². The lowest BCUT2D eigenvalue weighted by Crippen LogP contribution is -2.30. The quantitative estimate of drug-likeness (QED) is 0.397. The number of carboxylic acids is 1. The number of halogens is 1. The van der Waals surface area contributed by atoms with Crippen LogP contribution in [0.1, 0.15) is 5.56 Å². The van der Waals surface area contributed by atoms with E-state index in [2.05, 4.69) is 10.6 Å². The van der Waals surface area contributed by atoms with Gasteiger partial charge in [-0.05, 0) is 24.1 Å². The van der Waals surface area contributed by atoms with Gasteiger partial charge in [0.15, 0.2) is 0 Å². The standard InChI is InChI=1S/C14H14ClN3O3/c15-12-3-1-10(2-4-12)5-6-17-8-11(7-16)14(21)18-9-13(19)20/h1-4,8,17H,5-6,9H2,(H,18,21)(H,19,20)/b11-8-. The Balaban J connectivity index is 2.42. The lowest BCUT2D eigenvalue weighted by atomic mass is 10.1. The van der Waals surface area contributed by atoms with Gasteiger partial charge >= 0.3 is 5.97 Å². The van der Waals surface area contributed by atoms with E-state index >= 15 is 0 Å². The summed E-state index contributed by atoms with van der Waals surface area (Å²) in [5, 5.41) is 22.9. The Morgan fingerprint density at radius 3 is 2.57 bits per heavy atom. The summed E-state index contributed by atoms with van der Waals surface area (Å²) in [5.41, 5.74) is 0.890. The van der Waals surface area contributed by atoms with Gasteiger partial charge in [-0.1, -0.05) is 23.7 Å². The van der Waals surface area contributed by atoms with Crippen LogP contribution in [0.2, 0.25) is 5.02 Å². The number of amides is 1. The highest BCUT2D eigenvalue weighted by atomic mass is 35.5. The molecular formula is C14H14ClN3O3. The van der Waals surface area contributed by atoms with Crippen LogP contribution in [0.15, 0.2) is 36.0 Å². The molecule has 0 atom stereocenters. The Morgan fingerprint density at radius 2 is 2.00 bits per heavy atom. The number of carboxylic acid groups (broad SMARTS) is 1. The zero-order valence-corrected chi connectivity index (χ0v) is 11.9. The van der Waals surface area contributed by atoms with Crippen molar-refractivity contribution in [2.45, 2.75) is 6.42 Å². The van der Waals surface area contributed by atoms with Crippen molar-refractivity contribution in [1.29, 1.82) is 5.26 Å². The summed E-state index contributed by atoms with van der Waals surface area (Å²) in [4.78, 5) is 21.8. The van der Waals surface area contributed by atoms with Crippen LogP contribution >= 0.6 is 11.6 Å². The first-order chi connectivity index (χ1) is 10.0. The van der Waals surface area contributed by atoms with Crippen molar-refractivity contribution < 1.29 is 14.7 Å². The van der Waals surface area contributed by atoms with E-state index in [9.17, 15) is 9.59 Å². The third kappa shape index (κ3) is 6.45. The molecule has 0 bridgehead atoms. The first-order valence-electron chi connectivity index (χ1n) is 6.11. The number of hydrogen-bond donors (Lipinski definition) is 3. The summed E-state index contributed by atoms with van der Waals surface area (Å²) in [6, 6.07) is 9.05. The minimum Gasteiger partial charge on any atom is -0.480 e. The van der Waals surface area contributed by atoms with E-state index in [-0.39, 0.29) is 5.57 Å². The summed E-state index contributed by atoms with van der Waals surface area (Å²) < 4.78 is 0. The molecule has 1 aromatic carbocycles. The van der Waals surface area contributed by atoms with Crippen molar-refractivity contribution in [2.75, 3.05) is 13.1 Å². The van der Waals surface area contributed by atoms with Gasteiger partial charge in [-0.3, -0.25) is 9.59 Å². The number of nitrogens with one attached hydrogen (secondary N) is 2. The van der Waals surface area contributed by atoms with Crippen LogP contribution in [0.3, 0.4) is 0 Å². The van der Waals surface area contributed by atoms with Crippen LogP contribution in [-0.4, -0.2) is 30.1 Å². The van der Waals surface area contributed by atoms with Crippen molar-refractivity contribution in [3.63, 3.8) is 0 Å². The van der Waals surface area contributed by atoms with E-state index < -0.39 is 18.4 Å². The van der Waals surface area contributed by atoms with Crippen LogP contribution < -0.4 is 10.6 Å². The normalized spacial score (nSPS) is 10.6. The van der Waals surface area contributed by atoms with E-state index in [1.807, 2.05) is 12.1 Å². The van der Waals surface area contributed by atoms with Gasteiger partial charge in [0.05, 0.1) is 0 Å². The Labute approximate surface area is 127 Å². The van der Waals surface area contributed by atoms with Crippen LogP contribution in [0, 0.1) is 11.3 Å². The molecule has 0 aliphatic heterocycles. The summed E-state index contributed by atoms with van der Waals surface area (Å²) in [5.74, 6) is -1.89. The third-order valence-corrected chi connectivity index (χ3v) is 2.73. The minimum absolute atomic E-state index is 0.174. The molecule has 110 valence electrons. The molecule has 0 saturated carbocycles. The maximum Gasteiger partial charge on any atom is 0.322 e. The Bertz CT molecular complexity index is 576. The summed E-state index contributed by atoms with van der Waals surface area (Å²) in [6.45, 7) is 0.00164. The minimum atomic E-state index is -1.17. The van der Waals surface area contributed by atoms with Crippen LogP contribution in [0.4, 0.5) is 0 Å². The maximum absolute atomic E-state index is 11.5. The topological polar surface area (TPSA) is 102 Å². The molecule has 0 fully saturated rings.